The summed E-state index contributed by atoms with van der Waals surface area (Å²) in [5.74, 6) is -0.684. The van der Waals surface area contributed by atoms with Gasteiger partial charge in [0, 0.05) is 26.9 Å². The van der Waals surface area contributed by atoms with Crippen molar-refractivity contribution in [2.45, 2.75) is 12.8 Å². The lowest BCUT2D eigenvalue weighted by atomic mass is 9.82. The number of nitrogens with one attached hydrogen (secondary N) is 2. The van der Waals surface area contributed by atoms with Crippen LogP contribution in [0.5, 0.6) is 5.75 Å². The standard InChI is InChI=1S/C29H23Cl2N3O3S/c1-17-26(28(36)34-23-9-5-6-10-25(23)37-2)27(20-7-3-4-8-22(20)31)21(15-32)29(33-17)38-16-24(35)18-11-13-19(30)14-12-18/h3-14,27,33H,16H2,1-2H3,(H,34,36)/t27-/m0/s1. The van der Waals surface area contributed by atoms with Gasteiger partial charge < -0.3 is 15.4 Å². The number of hydrogen-bond donors (Lipinski definition) is 2. The first kappa shape index (κ1) is 27.3. The molecule has 4 rings (SSSR count). The zero-order valence-electron chi connectivity index (χ0n) is 20.5. The number of nitrogens with zero attached hydrogens (tertiary/aromatic N) is 1. The van der Waals surface area contributed by atoms with Gasteiger partial charge >= 0.3 is 0 Å². The molecule has 0 radical (unpaired) electrons. The summed E-state index contributed by atoms with van der Waals surface area (Å²) >= 11 is 13.7. The Balaban J connectivity index is 1.70. The monoisotopic (exact) mass is 563 g/mol. The molecule has 3 aromatic rings. The van der Waals surface area contributed by atoms with Gasteiger partial charge in [-0.05, 0) is 55.0 Å². The molecule has 0 aliphatic carbocycles. The molecule has 38 heavy (non-hydrogen) atoms. The summed E-state index contributed by atoms with van der Waals surface area (Å²) < 4.78 is 5.38. The summed E-state index contributed by atoms with van der Waals surface area (Å²) in [7, 11) is 1.52. The fourth-order valence-electron chi connectivity index (χ4n) is 4.14. The molecule has 0 bridgehead atoms. The number of rotatable bonds is 8. The van der Waals surface area contributed by atoms with E-state index in [1.54, 1.807) is 79.7 Å². The first-order valence-corrected chi connectivity index (χ1v) is 13.3. The number of amides is 1. The number of carbonyl (C=O) groups is 2. The molecule has 0 saturated carbocycles. The van der Waals surface area contributed by atoms with Gasteiger partial charge in [-0.15, -0.1) is 0 Å². The molecule has 1 aliphatic heterocycles. The minimum absolute atomic E-state index is 0.0837. The normalized spacial score (nSPS) is 15.0. The van der Waals surface area contributed by atoms with Crippen molar-refractivity contribution in [3.63, 3.8) is 0 Å². The van der Waals surface area contributed by atoms with E-state index >= 15 is 0 Å². The zero-order chi connectivity index (χ0) is 27.2. The first-order chi connectivity index (χ1) is 18.3. The second-order valence-corrected chi connectivity index (χ2v) is 10.2. The van der Waals surface area contributed by atoms with Crippen LogP contribution in [0.4, 0.5) is 5.69 Å². The molecule has 0 saturated heterocycles. The highest BCUT2D eigenvalue weighted by Gasteiger charge is 2.36. The van der Waals surface area contributed by atoms with E-state index in [1.165, 1.54) is 18.9 Å². The molecule has 6 nitrogen and oxygen atoms in total. The van der Waals surface area contributed by atoms with E-state index in [1.807, 2.05) is 0 Å². The van der Waals surface area contributed by atoms with Crippen LogP contribution in [0.15, 0.2) is 94.7 Å². The number of carbonyl (C=O) groups excluding carboxylic acids is 2. The van der Waals surface area contributed by atoms with Crippen LogP contribution in [0.25, 0.3) is 0 Å². The van der Waals surface area contributed by atoms with Crippen LogP contribution in [0, 0.1) is 11.3 Å². The molecule has 1 atom stereocenters. The minimum atomic E-state index is -0.752. The molecule has 2 N–H and O–H groups in total. The lowest BCUT2D eigenvalue weighted by Gasteiger charge is -2.30. The van der Waals surface area contributed by atoms with E-state index in [2.05, 4.69) is 16.7 Å². The number of allylic oxidation sites excluding steroid dienone is 2. The number of methoxy groups -OCH3 is 1. The highest BCUT2D eigenvalue weighted by Crippen LogP contribution is 2.43. The fourth-order valence-corrected chi connectivity index (χ4v) is 5.50. The van der Waals surface area contributed by atoms with Crippen molar-refractivity contribution in [3.05, 3.63) is 116 Å². The number of para-hydroxylation sites is 2. The second kappa shape index (κ2) is 12.2. The van der Waals surface area contributed by atoms with Crippen LogP contribution < -0.4 is 15.4 Å². The zero-order valence-corrected chi connectivity index (χ0v) is 22.9. The highest BCUT2D eigenvalue weighted by atomic mass is 35.5. The largest absolute Gasteiger partial charge is 0.495 e. The Morgan fingerprint density at radius 1 is 1.05 bits per heavy atom. The smallest absolute Gasteiger partial charge is 0.254 e. The third-order valence-electron chi connectivity index (χ3n) is 5.98. The van der Waals surface area contributed by atoms with E-state index in [-0.39, 0.29) is 11.5 Å². The van der Waals surface area contributed by atoms with Crippen molar-refractivity contribution in [2.24, 2.45) is 0 Å². The summed E-state index contributed by atoms with van der Waals surface area (Å²) in [4.78, 5) is 26.5. The number of benzene rings is 3. The Bertz CT molecular complexity index is 1490. The Morgan fingerprint density at radius 2 is 1.74 bits per heavy atom. The number of dihydropyridines is 1. The summed E-state index contributed by atoms with van der Waals surface area (Å²) in [5, 5.41) is 17.8. The summed E-state index contributed by atoms with van der Waals surface area (Å²) in [5.41, 5.74) is 2.80. The van der Waals surface area contributed by atoms with Crippen molar-refractivity contribution >= 4 is 52.3 Å². The Kier molecular flexibility index (Phi) is 8.80. The van der Waals surface area contributed by atoms with E-state index in [0.717, 1.165) is 0 Å². The molecule has 3 aromatic carbocycles. The molecule has 0 aromatic heterocycles. The number of ether oxygens (including phenoxy) is 1. The number of thioether (sulfide) groups is 1. The highest BCUT2D eigenvalue weighted by molar-refractivity contribution is 8.03. The molecular formula is C29H23Cl2N3O3S. The number of halogens is 2. The van der Waals surface area contributed by atoms with Gasteiger partial charge in [0.25, 0.3) is 5.91 Å². The minimum Gasteiger partial charge on any atom is -0.495 e. The molecule has 0 spiro atoms. The number of hydrogen-bond acceptors (Lipinski definition) is 6. The van der Waals surface area contributed by atoms with Gasteiger partial charge in [-0.2, -0.15) is 5.26 Å². The van der Waals surface area contributed by atoms with Crippen LogP contribution in [-0.2, 0) is 4.79 Å². The summed E-state index contributed by atoms with van der Waals surface area (Å²) in [6.07, 6.45) is 0. The number of nitriles is 1. The van der Waals surface area contributed by atoms with E-state index in [0.29, 0.717) is 54.5 Å². The summed E-state index contributed by atoms with van der Waals surface area (Å²) in [6.45, 7) is 1.76. The quantitative estimate of drug-likeness (QED) is 0.288. The average Bonchev–Trinajstić information content (AvgIpc) is 2.92. The van der Waals surface area contributed by atoms with Gasteiger partial charge in [-0.25, -0.2) is 0 Å². The Labute approximate surface area is 235 Å². The topological polar surface area (TPSA) is 91.2 Å². The van der Waals surface area contributed by atoms with Gasteiger partial charge in [0.1, 0.15) is 5.75 Å². The first-order valence-electron chi connectivity index (χ1n) is 11.6. The lowest BCUT2D eigenvalue weighted by molar-refractivity contribution is -0.113. The molecule has 0 fully saturated rings. The molecular weight excluding hydrogens is 541 g/mol. The van der Waals surface area contributed by atoms with Crippen LogP contribution in [-0.4, -0.2) is 24.6 Å². The molecule has 0 unspecified atom stereocenters. The van der Waals surface area contributed by atoms with Crippen molar-refractivity contribution in [3.8, 4) is 11.8 Å². The van der Waals surface area contributed by atoms with Crippen molar-refractivity contribution in [1.82, 2.24) is 5.32 Å². The van der Waals surface area contributed by atoms with Gasteiger partial charge in [0.2, 0.25) is 0 Å². The predicted molar refractivity (Wildman–Crippen MR) is 153 cm³/mol. The van der Waals surface area contributed by atoms with E-state index < -0.39 is 11.8 Å². The third-order valence-corrected chi connectivity index (χ3v) is 7.59. The van der Waals surface area contributed by atoms with Crippen molar-refractivity contribution in [1.29, 1.82) is 5.26 Å². The molecule has 1 heterocycles. The van der Waals surface area contributed by atoms with Crippen LogP contribution in [0.3, 0.4) is 0 Å². The molecule has 9 heteroatoms. The van der Waals surface area contributed by atoms with E-state index in [4.69, 9.17) is 27.9 Å². The maximum absolute atomic E-state index is 13.7. The molecule has 192 valence electrons. The second-order valence-electron chi connectivity index (χ2n) is 8.35. The van der Waals surface area contributed by atoms with Gasteiger partial charge in [-0.1, -0.05) is 65.3 Å². The van der Waals surface area contributed by atoms with Crippen LogP contribution in [0.2, 0.25) is 10.0 Å². The third kappa shape index (κ3) is 5.89. The average molecular weight is 564 g/mol. The van der Waals surface area contributed by atoms with Gasteiger partial charge in [0.15, 0.2) is 5.78 Å². The number of ketones is 1. The van der Waals surface area contributed by atoms with Gasteiger partial charge in [0.05, 0.1) is 41.1 Å². The van der Waals surface area contributed by atoms with Gasteiger partial charge in [-0.3, -0.25) is 9.59 Å². The molecule has 1 amide bonds. The summed E-state index contributed by atoms with van der Waals surface area (Å²) in [6, 6.07) is 23.1. The Hall–Kier alpha value is -3.70. The van der Waals surface area contributed by atoms with E-state index in [9.17, 15) is 14.9 Å². The maximum atomic E-state index is 13.7. The number of anilines is 1. The number of Topliss-reactive ketones (excluding diaryl/α,β-unsaturated/α-hetero) is 1. The van der Waals surface area contributed by atoms with Crippen LogP contribution >= 0.6 is 35.0 Å². The van der Waals surface area contributed by atoms with Crippen LogP contribution in [0.1, 0.15) is 28.8 Å². The molecule has 1 aliphatic rings. The fraction of sp³-hybridized carbons (Fsp3) is 0.138. The Morgan fingerprint density at radius 3 is 2.42 bits per heavy atom. The van der Waals surface area contributed by atoms with Crippen molar-refractivity contribution < 1.29 is 14.3 Å². The lowest BCUT2D eigenvalue weighted by Crippen LogP contribution is -2.31. The van der Waals surface area contributed by atoms with Crippen molar-refractivity contribution in [2.75, 3.05) is 18.2 Å². The SMILES string of the molecule is COc1ccccc1NC(=O)C1=C(C)NC(SCC(=O)c2ccc(Cl)cc2)=C(C#N)[C@@H]1c1ccccc1Cl. The maximum Gasteiger partial charge on any atom is 0.254 e. The predicted octanol–water partition coefficient (Wildman–Crippen LogP) is 6.95.